The molecular formula is C28H22ClN5OS. The number of carbonyl (C=O) groups is 1. The first-order valence-corrected chi connectivity index (χ1v) is 13.0. The van der Waals surface area contributed by atoms with Crippen molar-refractivity contribution in [2.45, 2.75) is 19.5 Å². The van der Waals surface area contributed by atoms with E-state index in [1.807, 2.05) is 83.9 Å². The molecule has 0 aliphatic carbocycles. The Morgan fingerprint density at radius 1 is 0.917 bits per heavy atom. The van der Waals surface area contributed by atoms with Gasteiger partial charge in [-0.05, 0) is 36.2 Å². The summed E-state index contributed by atoms with van der Waals surface area (Å²) in [5.41, 5.74) is 4.54. The lowest BCUT2D eigenvalue weighted by atomic mass is 10.0. The highest BCUT2D eigenvalue weighted by Crippen LogP contribution is 2.34. The minimum absolute atomic E-state index is 0.00687. The second-order valence-corrected chi connectivity index (χ2v) is 9.93. The molecule has 6 rings (SSSR count). The molecule has 5 aromatic rings. The average molecular weight is 512 g/mol. The lowest BCUT2D eigenvalue weighted by Crippen LogP contribution is -2.41. The van der Waals surface area contributed by atoms with Gasteiger partial charge in [0.25, 0.3) is 5.91 Å². The van der Waals surface area contributed by atoms with Gasteiger partial charge in [0.2, 0.25) is 0 Å². The summed E-state index contributed by atoms with van der Waals surface area (Å²) < 4.78 is 2.07. The van der Waals surface area contributed by atoms with Crippen molar-refractivity contribution in [1.29, 1.82) is 0 Å². The summed E-state index contributed by atoms with van der Waals surface area (Å²) >= 11 is 7.89. The summed E-state index contributed by atoms with van der Waals surface area (Å²) in [6, 6.07) is 25.4. The van der Waals surface area contributed by atoms with Crippen LogP contribution in [0.4, 0.5) is 0 Å². The van der Waals surface area contributed by atoms with Gasteiger partial charge in [0.15, 0.2) is 11.6 Å². The molecule has 36 heavy (non-hydrogen) atoms. The molecule has 8 heteroatoms. The third-order valence-electron chi connectivity index (χ3n) is 6.52. The fourth-order valence-corrected chi connectivity index (χ4v) is 5.71. The van der Waals surface area contributed by atoms with Gasteiger partial charge in [-0.2, -0.15) is 0 Å². The Labute approximate surface area is 217 Å². The van der Waals surface area contributed by atoms with Crippen LogP contribution in [-0.4, -0.2) is 37.1 Å². The molecule has 0 N–H and O–H groups in total. The molecule has 0 radical (unpaired) electrons. The summed E-state index contributed by atoms with van der Waals surface area (Å²) in [4.78, 5) is 20.0. The van der Waals surface area contributed by atoms with Crippen LogP contribution in [0.2, 0.25) is 5.02 Å². The lowest BCUT2D eigenvalue weighted by molar-refractivity contribution is 0.0638. The van der Waals surface area contributed by atoms with Crippen LogP contribution in [0.1, 0.15) is 29.1 Å². The Kier molecular flexibility index (Phi) is 5.87. The lowest BCUT2D eigenvalue weighted by Gasteiger charge is -2.33. The summed E-state index contributed by atoms with van der Waals surface area (Å²) in [5, 5.41) is 12.4. The van der Waals surface area contributed by atoms with Crippen molar-refractivity contribution in [3.05, 3.63) is 101 Å². The smallest absolute Gasteiger partial charge is 0.254 e. The molecule has 1 atom stereocenters. The van der Waals surface area contributed by atoms with Crippen molar-refractivity contribution in [3.8, 4) is 33.2 Å². The molecule has 0 saturated heterocycles. The van der Waals surface area contributed by atoms with Gasteiger partial charge in [-0.25, -0.2) is 4.98 Å². The van der Waals surface area contributed by atoms with Gasteiger partial charge < -0.3 is 9.47 Å². The zero-order valence-electron chi connectivity index (χ0n) is 19.5. The second-order valence-electron chi connectivity index (χ2n) is 8.67. The average Bonchev–Trinajstić information content (AvgIpc) is 3.57. The number of amides is 1. The van der Waals surface area contributed by atoms with E-state index in [4.69, 9.17) is 16.6 Å². The van der Waals surface area contributed by atoms with Crippen LogP contribution in [0.3, 0.4) is 0 Å². The Bertz CT molecular complexity index is 1540. The molecule has 1 aliphatic rings. The number of nitrogens with zero attached hydrogens (tertiary/aromatic N) is 5. The number of benzene rings is 3. The topological polar surface area (TPSA) is 63.9 Å². The molecule has 0 spiro atoms. The van der Waals surface area contributed by atoms with Crippen LogP contribution >= 0.6 is 22.9 Å². The molecule has 2 aromatic heterocycles. The van der Waals surface area contributed by atoms with Crippen LogP contribution in [-0.2, 0) is 6.54 Å². The molecule has 178 valence electrons. The number of rotatable bonds is 4. The van der Waals surface area contributed by atoms with Crippen LogP contribution in [0.5, 0.6) is 0 Å². The van der Waals surface area contributed by atoms with E-state index in [1.54, 1.807) is 0 Å². The fourth-order valence-electron chi connectivity index (χ4n) is 4.59. The first-order chi connectivity index (χ1) is 17.6. The predicted molar refractivity (Wildman–Crippen MR) is 143 cm³/mol. The van der Waals surface area contributed by atoms with E-state index >= 15 is 0 Å². The maximum absolute atomic E-state index is 13.4. The Morgan fingerprint density at radius 3 is 2.42 bits per heavy atom. The van der Waals surface area contributed by atoms with E-state index in [-0.39, 0.29) is 11.9 Å². The van der Waals surface area contributed by atoms with Crippen LogP contribution in [0.25, 0.3) is 33.2 Å². The normalized spacial score (nSPS) is 15.1. The molecule has 0 saturated carbocycles. The number of hydrogen-bond acceptors (Lipinski definition) is 5. The SMILES string of the molecule is C[C@@H]1c2nnc(-c3csc(-c4ccccc4Cl)n3)n2CCN1C(=O)c1ccc(-c2ccccc2)cc1. The van der Waals surface area contributed by atoms with Crippen molar-refractivity contribution in [1.82, 2.24) is 24.6 Å². The van der Waals surface area contributed by atoms with Gasteiger partial charge in [-0.3, -0.25) is 4.79 Å². The van der Waals surface area contributed by atoms with Crippen molar-refractivity contribution in [2.75, 3.05) is 6.54 Å². The summed E-state index contributed by atoms with van der Waals surface area (Å²) in [6.07, 6.45) is 0. The minimum Gasteiger partial charge on any atom is -0.327 e. The number of fused-ring (bicyclic) bond motifs is 1. The maximum Gasteiger partial charge on any atom is 0.254 e. The fraction of sp³-hybridized carbons (Fsp3) is 0.143. The van der Waals surface area contributed by atoms with Crippen molar-refractivity contribution in [2.24, 2.45) is 0 Å². The predicted octanol–water partition coefficient (Wildman–Crippen LogP) is 6.61. The van der Waals surface area contributed by atoms with Gasteiger partial charge in [0.05, 0.1) is 11.1 Å². The van der Waals surface area contributed by atoms with E-state index in [0.717, 1.165) is 33.2 Å². The standard InChI is InChI=1S/C28H22ClN5OS/c1-18-25-31-32-26(24-17-36-27(30-24)22-9-5-6-10-23(22)29)34(25)16-15-33(18)28(35)21-13-11-20(12-14-21)19-7-3-2-4-8-19/h2-14,17-18H,15-16H2,1H3/t18-/m1/s1. The molecular weight excluding hydrogens is 490 g/mol. The molecule has 6 nitrogen and oxygen atoms in total. The van der Waals surface area contributed by atoms with Gasteiger partial charge in [-0.1, -0.05) is 72.3 Å². The minimum atomic E-state index is -0.206. The molecule has 1 amide bonds. The van der Waals surface area contributed by atoms with Crippen LogP contribution in [0, 0.1) is 0 Å². The monoisotopic (exact) mass is 511 g/mol. The van der Waals surface area contributed by atoms with E-state index in [1.165, 1.54) is 11.3 Å². The van der Waals surface area contributed by atoms with Gasteiger partial charge in [0, 0.05) is 29.6 Å². The Balaban J connectivity index is 1.23. The van der Waals surface area contributed by atoms with Gasteiger partial charge >= 0.3 is 0 Å². The molecule has 0 bridgehead atoms. The quantitative estimate of drug-likeness (QED) is 0.272. The van der Waals surface area contributed by atoms with Crippen molar-refractivity contribution < 1.29 is 4.79 Å². The molecule has 0 unspecified atom stereocenters. The van der Waals surface area contributed by atoms with Crippen molar-refractivity contribution >= 4 is 28.8 Å². The maximum atomic E-state index is 13.4. The Morgan fingerprint density at radius 2 is 1.64 bits per heavy atom. The summed E-state index contributed by atoms with van der Waals surface area (Å²) in [7, 11) is 0. The Hall–Kier alpha value is -3.81. The highest BCUT2D eigenvalue weighted by atomic mass is 35.5. The van der Waals surface area contributed by atoms with E-state index in [9.17, 15) is 4.79 Å². The zero-order chi connectivity index (χ0) is 24.6. The zero-order valence-corrected chi connectivity index (χ0v) is 21.1. The molecule has 1 aliphatic heterocycles. The second kappa shape index (κ2) is 9.33. The molecule has 3 aromatic carbocycles. The number of halogens is 1. The summed E-state index contributed by atoms with van der Waals surface area (Å²) in [6.45, 7) is 3.17. The number of carbonyl (C=O) groups excluding carboxylic acids is 1. The van der Waals surface area contributed by atoms with Gasteiger partial charge in [0.1, 0.15) is 10.7 Å². The third kappa shape index (κ3) is 4.00. The van der Waals surface area contributed by atoms with Crippen LogP contribution < -0.4 is 0 Å². The number of thiazole rings is 1. The first-order valence-electron chi connectivity index (χ1n) is 11.7. The highest BCUT2D eigenvalue weighted by molar-refractivity contribution is 7.13. The van der Waals surface area contributed by atoms with Gasteiger partial charge in [-0.15, -0.1) is 21.5 Å². The van der Waals surface area contributed by atoms with E-state index < -0.39 is 0 Å². The van der Waals surface area contributed by atoms with E-state index in [2.05, 4.69) is 26.9 Å². The number of aromatic nitrogens is 4. The van der Waals surface area contributed by atoms with Crippen LogP contribution in [0.15, 0.2) is 84.2 Å². The molecule has 0 fully saturated rings. The third-order valence-corrected chi connectivity index (χ3v) is 7.73. The summed E-state index contributed by atoms with van der Waals surface area (Å²) in [5.74, 6) is 1.47. The molecule has 3 heterocycles. The highest BCUT2D eigenvalue weighted by Gasteiger charge is 2.32. The largest absolute Gasteiger partial charge is 0.327 e. The first kappa shape index (κ1) is 22.6. The van der Waals surface area contributed by atoms with Crippen molar-refractivity contribution in [3.63, 3.8) is 0 Å². The van der Waals surface area contributed by atoms with E-state index in [0.29, 0.717) is 29.5 Å². The number of hydrogen-bond donors (Lipinski definition) is 0.